The first-order valence-corrected chi connectivity index (χ1v) is 39.6. The minimum absolute atomic E-state index is 0.791. The van der Waals surface area contributed by atoms with Crippen LogP contribution in [0.3, 0.4) is 0 Å². The molecule has 0 aliphatic heterocycles. The number of aromatic nitrogens is 6. The Bertz CT molecular complexity index is 8300. The van der Waals surface area contributed by atoms with Crippen molar-refractivity contribution in [3.63, 3.8) is 0 Å². The van der Waals surface area contributed by atoms with Crippen molar-refractivity contribution in [2.45, 2.75) is 0 Å². The predicted octanol–water partition coefficient (Wildman–Crippen LogP) is 29.2. The van der Waals surface area contributed by atoms with Gasteiger partial charge in [0.15, 0.2) is 0 Å². The lowest BCUT2D eigenvalue weighted by molar-refractivity contribution is 1.36. The average molecular weight is 1470 g/mol. The molecule has 6 aromatic heterocycles. The van der Waals surface area contributed by atoms with Crippen molar-refractivity contribution in [1.82, 2.24) is 29.9 Å². The molecule has 0 N–H and O–H groups in total. The first kappa shape index (κ1) is 65.2. The van der Waals surface area contributed by atoms with E-state index in [9.17, 15) is 0 Å². The molecule has 116 heavy (non-hydrogen) atoms. The molecular weight excluding hydrogens is 1410 g/mol. The quantitative estimate of drug-likeness (QED) is 0.106. The Morgan fingerprint density at radius 2 is 0.517 bits per heavy atom. The van der Waals surface area contributed by atoms with Crippen LogP contribution in [0.25, 0.3) is 252 Å². The van der Waals surface area contributed by atoms with Crippen LogP contribution < -0.4 is 0 Å². The fraction of sp³-hybridized carbons (Fsp3) is 0. The summed E-state index contributed by atoms with van der Waals surface area (Å²) in [5.74, 6) is 0. The summed E-state index contributed by atoms with van der Waals surface area (Å²) in [6.45, 7) is 0. The highest BCUT2D eigenvalue weighted by molar-refractivity contribution is 6.26. The van der Waals surface area contributed by atoms with Crippen LogP contribution in [0.4, 0.5) is 0 Å². The highest BCUT2D eigenvalue weighted by Crippen LogP contribution is 2.49. The highest BCUT2D eigenvalue weighted by Gasteiger charge is 2.24. The van der Waals surface area contributed by atoms with Crippen LogP contribution in [-0.4, -0.2) is 29.9 Å². The smallest absolute Gasteiger partial charge is 0.0994 e. The van der Waals surface area contributed by atoms with Crippen molar-refractivity contribution < 1.29 is 0 Å². The molecule has 0 spiro atoms. The van der Waals surface area contributed by atoms with Crippen molar-refractivity contribution in [3.05, 3.63) is 389 Å². The number of nitrogens with zero attached hydrogens (tertiary/aromatic N) is 6. The van der Waals surface area contributed by atoms with Gasteiger partial charge < -0.3 is 0 Å². The molecule has 6 nitrogen and oxygen atoms in total. The zero-order valence-electron chi connectivity index (χ0n) is 62.6. The third-order valence-electron chi connectivity index (χ3n) is 24.2. The summed E-state index contributed by atoms with van der Waals surface area (Å²) in [7, 11) is 0. The molecule has 18 aromatic carbocycles. The second kappa shape index (κ2) is 26.1. The van der Waals surface area contributed by atoms with Gasteiger partial charge in [-0.05, 0) is 221 Å². The van der Waals surface area contributed by atoms with Gasteiger partial charge in [-0.3, -0.25) is 9.97 Å². The minimum Gasteiger partial charge on any atom is -0.254 e. The standard InChI is InChI=1S/C110H64N6/c1-4-21-71-58-77(43-36-65(71)18-1)102-84-30-10-8-28-82(84)101(83-29-9-11-31-85(83)102)69-41-39-68(40-42-69)100-64-94(92-50-46-70-26-16-56-111-106(70)109(92)116-100)74-24-15-25-75(61-74)98-54-51-91-90-35-17-57-112-108(90)110-93(107(91)114-98)52-55-99(115-110)95-63-80-48-53-97(113-105(80)89-34-14-7-27-81(89)95)76-47-49-88-96(62-76)104(79-45-38-67-20-3-6-23-73(67)60-79)87-33-13-12-32-86(87)103(88)78-44-37-66-19-2-5-22-72(66)59-78/h1-64H. The number of fused-ring (bicyclic) bond motifs is 19. The second-order valence-electron chi connectivity index (χ2n) is 30.7. The van der Waals surface area contributed by atoms with Crippen LogP contribution in [-0.2, 0) is 0 Å². The van der Waals surface area contributed by atoms with Crippen LogP contribution in [0.1, 0.15) is 0 Å². The summed E-state index contributed by atoms with van der Waals surface area (Å²) in [6.07, 6.45) is 3.74. The van der Waals surface area contributed by atoms with E-state index >= 15 is 0 Å². The van der Waals surface area contributed by atoms with E-state index in [-0.39, 0.29) is 0 Å². The van der Waals surface area contributed by atoms with E-state index < -0.39 is 0 Å². The molecule has 0 aliphatic carbocycles. The zero-order chi connectivity index (χ0) is 76.1. The lowest BCUT2D eigenvalue weighted by Gasteiger charge is -2.19. The van der Waals surface area contributed by atoms with E-state index in [1.54, 1.807) is 0 Å². The van der Waals surface area contributed by atoms with Crippen molar-refractivity contribution >= 4 is 152 Å². The molecule has 6 heterocycles. The van der Waals surface area contributed by atoms with Gasteiger partial charge in [-0.2, -0.15) is 0 Å². The molecule has 0 amide bonds. The fourth-order valence-corrected chi connectivity index (χ4v) is 18.8. The van der Waals surface area contributed by atoms with Crippen molar-refractivity contribution in [2.75, 3.05) is 0 Å². The first-order chi connectivity index (χ1) is 57.5. The van der Waals surface area contributed by atoms with Crippen molar-refractivity contribution in [1.29, 1.82) is 0 Å². The van der Waals surface area contributed by atoms with E-state index in [4.69, 9.17) is 29.9 Å². The number of hydrogen-bond acceptors (Lipinski definition) is 6. The molecule has 6 heteroatoms. The molecule has 0 saturated heterocycles. The van der Waals surface area contributed by atoms with Gasteiger partial charge in [0, 0.05) is 72.4 Å². The number of pyridine rings is 6. The summed E-state index contributed by atoms with van der Waals surface area (Å²) in [5, 5.41) is 25.1. The molecule has 0 aliphatic rings. The Hall–Kier alpha value is -15.5. The Balaban J connectivity index is 0.602. The largest absolute Gasteiger partial charge is 0.254 e. The Kier molecular flexibility index (Phi) is 14.7. The van der Waals surface area contributed by atoms with E-state index in [1.165, 1.54) is 114 Å². The fourth-order valence-electron chi connectivity index (χ4n) is 18.8. The number of benzene rings is 18. The van der Waals surface area contributed by atoms with Gasteiger partial charge in [-0.25, -0.2) is 19.9 Å². The van der Waals surface area contributed by atoms with Gasteiger partial charge in [-0.1, -0.05) is 291 Å². The van der Waals surface area contributed by atoms with Gasteiger partial charge in [0.1, 0.15) is 0 Å². The average Bonchev–Trinajstić information content (AvgIpc) is 0.737. The zero-order valence-corrected chi connectivity index (χ0v) is 62.6. The summed E-state index contributed by atoms with van der Waals surface area (Å²) >= 11 is 0. The lowest BCUT2D eigenvalue weighted by Crippen LogP contribution is -1.95. The Labute approximate surface area is 666 Å². The third kappa shape index (κ3) is 10.4. The van der Waals surface area contributed by atoms with Gasteiger partial charge in [-0.15, -0.1) is 0 Å². The van der Waals surface area contributed by atoms with E-state index in [1.807, 2.05) is 24.5 Å². The normalized spacial score (nSPS) is 12.0. The van der Waals surface area contributed by atoms with Crippen LogP contribution in [0, 0.1) is 0 Å². The van der Waals surface area contributed by atoms with Crippen molar-refractivity contribution in [3.8, 4) is 101 Å². The van der Waals surface area contributed by atoms with E-state index in [0.29, 0.717) is 0 Å². The third-order valence-corrected chi connectivity index (χ3v) is 24.2. The maximum Gasteiger partial charge on any atom is 0.0994 e. The van der Waals surface area contributed by atoms with E-state index in [0.717, 1.165) is 138 Å². The summed E-state index contributed by atoms with van der Waals surface area (Å²) < 4.78 is 0. The Morgan fingerprint density at radius 3 is 1.15 bits per heavy atom. The summed E-state index contributed by atoms with van der Waals surface area (Å²) in [4.78, 5) is 32.6. The maximum absolute atomic E-state index is 5.66. The van der Waals surface area contributed by atoms with Crippen LogP contribution in [0.15, 0.2) is 389 Å². The predicted molar refractivity (Wildman–Crippen MR) is 487 cm³/mol. The monoisotopic (exact) mass is 1470 g/mol. The molecular formula is C110H64N6. The molecule has 0 unspecified atom stereocenters. The summed E-state index contributed by atoms with van der Waals surface area (Å²) in [5.41, 5.74) is 24.3. The molecule has 0 radical (unpaired) electrons. The molecule has 24 aromatic rings. The van der Waals surface area contributed by atoms with Crippen molar-refractivity contribution in [2.24, 2.45) is 0 Å². The molecule has 0 fully saturated rings. The molecule has 0 bridgehead atoms. The van der Waals surface area contributed by atoms with Gasteiger partial charge in [0.2, 0.25) is 0 Å². The van der Waals surface area contributed by atoms with Crippen LogP contribution in [0.5, 0.6) is 0 Å². The second-order valence-corrected chi connectivity index (χ2v) is 30.7. The van der Waals surface area contributed by atoms with E-state index in [2.05, 4.69) is 364 Å². The van der Waals surface area contributed by atoms with Gasteiger partial charge in [0.25, 0.3) is 0 Å². The lowest BCUT2D eigenvalue weighted by atomic mass is 9.84. The van der Waals surface area contributed by atoms with Gasteiger partial charge >= 0.3 is 0 Å². The first-order valence-electron chi connectivity index (χ1n) is 39.6. The Morgan fingerprint density at radius 1 is 0.138 bits per heavy atom. The summed E-state index contributed by atoms with van der Waals surface area (Å²) in [6, 6.07) is 137. The SMILES string of the molecule is c1cc(-c2ccc3c4cccnc4c4nc(-c5cc6ccc(-c7ccc8c(-c9ccc%10ccccc%10c9)c9ccccc9c(-c9ccc%10ccccc%10c9)c8c7)nc6c6ccccc56)ccc4c3n2)cc(-c2cc(-c3ccc(-c4c5ccccc5c(-c5ccc6ccccc6c5)c5ccccc45)cc3)nc3c2ccc2cccnc23)c1. The number of rotatable bonds is 9. The highest BCUT2D eigenvalue weighted by atomic mass is 14.8. The van der Waals surface area contributed by atoms with Crippen LogP contribution >= 0.6 is 0 Å². The topological polar surface area (TPSA) is 77.3 Å². The van der Waals surface area contributed by atoms with Crippen LogP contribution in [0.2, 0.25) is 0 Å². The van der Waals surface area contributed by atoms with Gasteiger partial charge in [0.05, 0.1) is 55.9 Å². The molecule has 0 atom stereocenters. The maximum atomic E-state index is 5.66. The minimum atomic E-state index is 0.791. The number of hydrogen-bond donors (Lipinski definition) is 0. The molecule has 24 rings (SSSR count). The molecule has 534 valence electrons. The molecule has 0 saturated carbocycles.